The van der Waals surface area contributed by atoms with Crippen molar-refractivity contribution < 1.29 is 14.3 Å². The summed E-state index contributed by atoms with van der Waals surface area (Å²) in [6.07, 6.45) is 2.15. The van der Waals surface area contributed by atoms with E-state index in [9.17, 15) is 9.59 Å². The van der Waals surface area contributed by atoms with Crippen LogP contribution in [0.25, 0.3) is 0 Å². The highest BCUT2D eigenvalue weighted by Gasteiger charge is 2.44. The van der Waals surface area contributed by atoms with Crippen molar-refractivity contribution in [3.05, 3.63) is 65.7 Å². The van der Waals surface area contributed by atoms with Gasteiger partial charge in [-0.1, -0.05) is 42.5 Å². The molecule has 0 aromatic heterocycles. The number of hydrogen-bond donors (Lipinski definition) is 0. The van der Waals surface area contributed by atoms with Crippen LogP contribution in [0.3, 0.4) is 0 Å². The third-order valence-electron chi connectivity index (χ3n) is 5.81. The van der Waals surface area contributed by atoms with E-state index in [0.29, 0.717) is 19.5 Å². The standard InChI is InChI=1S/C23H26N2O3/c1-18-8-5-6-9-19(18)14-21(26)24-13-7-12-23(16-24)17-25(22(27)15-28-23)20-10-3-2-4-11-20/h2-6,8-11H,7,12-17H2,1H3. The number of ether oxygens (including phenoxy) is 1. The third-order valence-corrected chi connectivity index (χ3v) is 5.81. The van der Waals surface area contributed by atoms with Crippen LogP contribution >= 0.6 is 0 Å². The van der Waals surface area contributed by atoms with Gasteiger partial charge in [0.2, 0.25) is 5.91 Å². The van der Waals surface area contributed by atoms with E-state index in [0.717, 1.165) is 36.2 Å². The molecular formula is C23H26N2O3. The average molecular weight is 378 g/mol. The van der Waals surface area contributed by atoms with E-state index >= 15 is 0 Å². The molecule has 146 valence electrons. The zero-order chi connectivity index (χ0) is 19.6. The first-order valence-corrected chi connectivity index (χ1v) is 9.88. The number of carbonyl (C=O) groups is 2. The van der Waals surface area contributed by atoms with Gasteiger partial charge in [0, 0.05) is 12.2 Å². The lowest BCUT2D eigenvalue weighted by Gasteiger charge is -2.47. The van der Waals surface area contributed by atoms with Crippen molar-refractivity contribution in [1.82, 2.24) is 4.90 Å². The maximum Gasteiger partial charge on any atom is 0.253 e. The summed E-state index contributed by atoms with van der Waals surface area (Å²) in [7, 11) is 0. The second kappa shape index (κ2) is 7.76. The zero-order valence-electron chi connectivity index (χ0n) is 16.3. The SMILES string of the molecule is Cc1ccccc1CC(=O)N1CCCC2(C1)CN(c1ccccc1)C(=O)CO2. The fourth-order valence-corrected chi connectivity index (χ4v) is 4.20. The van der Waals surface area contributed by atoms with E-state index in [-0.39, 0.29) is 18.4 Å². The molecule has 1 unspecified atom stereocenters. The molecule has 1 spiro atoms. The van der Waals surface area contributed by atoms with Crippen molar-refractivity contribution in [1.29, 1.82) is 0 Å². The van der Waals surface area contributed by atoms with Gasteiger partial charge in [-0.05, 0) is 43.0 Å². The molecule has 2 heterocycles. The van der Waals surface area contributed by atoms with Gasteiger partial charge >= 0.3 is 0 Å². The Morgan fingerprint density at radius 1 is 1.07 bits per heavy atom. The molecule has 5 nitrogen and oxygen atoms in total. The molecule has 2 fully saturated rings. The molecule has 2 aliphatic rings. The van der Waals surface area contributed by atoms with Crippen LogP contribution in [0.4, 0.5) is 5.69 Å². The molecule has 2 amide bonds. The smallest absolute Gasteiger partial charge is 0.253 e. The van der Waals surface area contributed by atoms with E-state index in [2.05, 4.69) is 0 Å². The largest absolute Gasteiger partial charge is 0.361 e. The summed E-state index contributed by atoms with van der Waals surface area (Å²) in [5, 5.41) is 0. The first-order chi connectivity index (χ1) is 13.6. The Bertz CT molecular complexity index is 867. The molecule has 2 aromatic carbocycles. The van der Waals surface area contributed by atoms with Crippen molar-refractivity contribution in [2.24, 2.45) is 0 Å². The number of anilines is 1. The Labute approximate surface area is 165 Å². The van der Waals surface area contributed by atoms with Gasteiger partial charge in [0.25, 0.3) is 5.91 Å². The molecule has 0 saturated carbocycles. The van der Waals surface area contributed by atoms with Crippen molar-refractivity contribution in [3.8, 4) is 0 Å². The van der Waals surface area contributed by atoms with E-state index in [1.54, 1.807) is 4.90 Å². The predicted octanol–water partition coefficient (Wildman–Crippen LogP) is 2.96. The Balaban J connectivity index is 1.49. The van der Waals surface area contributed by atoms with Crippen molar-refractivity contribution in [3.63, 3.8) is 0 Å². The summed E-state index contributed by atoms with van der Waals surface area (Å²) in [6.45, 7) is 3.87. The summed E-state index contributed by atoms with van der Waals surface area (Å²) >= 11 is 0. The number of rotatable bonds is 3. The van der Waals surface area contributed by atoms with Crippen molar-refractivity contribution in [2.75, 3.05) is 31.1 Å². The number of aryl methyl sites for hydroxylation is 1. The lowest BCUT2D eigenvalue weighted by Crippen LogP contribution is -2.62. The predicted molar refractivity (Wildman–Crippen MR) is 108 cm³/mol. The Morgan fingerprint density at radius 2 is 1.82 bits per heavy atom. The number of piperidine rings is 1. The van der Waals surface area contributed by atoms with Crippen LogP contribution in [0.5, 0.6) is 0 Å². The van der Waals surface area contributed by atoms with Gasteiger partial charge in [0.15, 0.2) is 0 Å². The molecule has 0 bridgehead atoms. The van der Waals surface area contributed by atoms with Crippen LogP contribution in [0.2, 0.25) is 0 Å². The highest BCUT2D eigenvalue weighted by atomic mass is 16.5. The molecule has 2 saturated heterocycles. The van der Waals surface area contributed by atoms with Crippen LogP contribution in [-0.2, 0) is 20.7 Å². The quantitative estimate of drug-likeness (QED) is 0.825. The molecule has 2 aliphatic heterocycles. The Kier molecular flexibility index (Phi) is 5.18. The van der Waals surface area contributed by atoms with Gasteiger partial charge in [-0.3, -0.25) is 9.59 Å². The molecule has 2 aromatic rings. The molecular weight excluding hydrogens is 352 g/mol. The van der Waals surface area contributed by atoms with Crippen LogP contribution in [0.15, 0.2) is 54.6 Å². The lowest BCUT2D eigenvalue weighted by molar-refractivity contribution is -0.153. The third kappa shape index (κ3) is 3.80. The number of likely N-dealkylation sites (tertiary alicyclic amines) is 1. The minimum absolute atomic E-state index is 0.0276. The fraction of sp³-hybridized carbons (Fsp3) is 0.391. The van der Waals surface area contributed by atoms with Crippen LogP contribution < -0.4 is 4.90 Å². The average Bonchev–Trinajstić information content (AvgIpc) is 2.72. The van der Waals surface area contributed by atoms with Gasteiger partial charge in [0.05, 0.1) is 19.5 Å². The summed E-state index contributed by atoms with van der Waals surface area (Å²) in [4.78, 5) is 29.1. The number of nitrogens with zero attached hydrogens (tertiary/aromatic N) is 2. The first kappa shape index (κ1) is 18.7. The fourth-order valence-electron chi connectivity index (χ4n) is 4.20. The van der Waals surface area contributed by atoms with Crippen molar-refractivity contribution in [2.45, 2.75) is 31.8 Å². The molecule has 0 aliphatic carbocycles. The van der Waals surface area contributed by atoms with Gasteiger partial charge in [-0.15, -0.1) is 0 Å². The van der Waals surface area contributed by atoms with Gasteiger partial charge in [-0.25, -0.2) is 0 Å². The highest BCUT2D eigenvalue weighted by Crippen LogP contribution is 2.32. The minimum atomic E-state index is -0.483. The molecule has 4 rings (SSSR count). The maximum atomic E-state index is 13.0. The van der Waals surface area contributed by atoms with Crippen LogP contribution in [-0.4, -0.2) is 48.6 Å². The topological polar surface area (TPSA) is 49.9 Å². The molecule has 5 heteroatoms. The van der Waals surface area contributed by atoms with E-state index in [1.165, 1.54) is 0 Å². The Hall–Kier alpha value is -2.66. The normalized spacial score (nSPS) is 22.5. The molecule has 0 N–H and O–H groups in total. The van der Waals surface area contributed by atoms with E-state index < -0.39 is 5.60 Å². The molecule has 0 radical (unpaired) electrons. The summed E-state index contributed by atoms with van der Waals surface area (Å²) < 4.78 is 6.04. The number of benzene rings is 2. The van der Waals surface area contributed by atoms with Crippen molar-refractivity contribution >= 4 is 17.5 Å². The number of amides is 2. The highest BCUT2D eigenvalue weighted by molar-refractivity contribution is 5.95. The number of para-hydroxylation sites is 1. The summed E-state index contributed by atoms with van der Waals surface area (Å²) in [5.74, 6) is 0.0975. The second-order valence-corrected chi connectivity index (χ2v) is 7.81. The first-order valence-electron chi connectivity index (χ1n) is 9.88. The Morgan fingerprint density at radius 3 is 2.61 bits per heavy atom. The van der Waals surface area contributed by atoms with Gasteiger partial charge in [0.1, 0.15) is 12.2 Å². The number of hydrogen-bond acceptors (Lipinski definition) is 3. The maximum absolute atomic E-state index is 13.0. The molecule has 28 heavy (non-hydrogen) atoms. The number of carbonyl (C=O) groups excluding carboxylic acids is 2. The number of morpholine rings is 1. The lowest BCUT2D eigenvalue weighted by atomic mass is 9.90. The van der Waals surface area contributed by atoms with Crippen LogP contribution in [0, 0.1) is 6.92 Å². The molecule has 1 atom stereocenters. The second-order valence-electron chi connectivity index (χ2n) is 7.81. The minimum Gasteiger partial charge on any atom is -0.361 e. The van der Waals surface area contributed by atoms with Gasteiger partial charge < -0.3 is 14.5 Å². The zero-order valence-corrected chi connectivity index (χ0v) is 16.3. The van der Waals surface area contributed by atoms with E-state index in [4.69, 9.17) is 4.74 Å². The summed E-state index contributed by atoms with van der Waals surface area (Å²) in [5.41, 5.74) is 2.61. The van der Waals surface area contributed by atoms with E-state index in [1.807, 2.05) is 66.4 Å². The van der Waals surface area contributed by atoms with Gasteiger partial charge in [-0.2, -0.15) is 0 Å². The summed E-state index contributed by atoms with van der Waals surface area (Å²) in [6, 6.07) is 17.7. The monoisotopic (exact) mass is 378 g/mol. The van der Waals surface area contributed by atoms with Crippen LogP contribution in [0.1, 0.15) is 24.0 Å².